The number of benzene rings is 1. The minimum Gasteiger partial charge on any atom is -0.451 e. The Balaban J connectivity index is 1.68. The lowest BCUT2D eigenvalue weighted by molar-refractivity contribution is 0.0998. The van der Waals surface area contributed by atoms with Crippen molar-refractivity contribution in [3.05, 3.63) is 53.5 Å². The highest BCUT2D eigenvalue weighted by Crippen LogP contribution is 2.31. The van der Waals surface area contributed by atoms with Crippen LogP contribution in [0.2, 0.25) is 0 Å². The Kier molecular flexibility index (Phi) is 4.01. The van der Waals surface area contributed by atoms with Gasteiger partial charge in [-0.05, 0) is 6.07 Å². The van der Waals surface area contributed by atoms with E-state index in [-0.39, 0.29) is 5.91 Å². The van der Waals surface area contributed by atoms with Crippen molar-refractivity contribution >= 4 is 45.1 Å². The van der Waals surface area contributed by atoms with Gasteiger partial charge in [-0.15, -0.1) is 11.3 Å². The van der Waals surface area contributed by atoms with E-state index < -0.39 is 0 Å². The molecule has 9 heteroatoms. The highest BCUT2D eigenvalue weighted by molar-refractivity contribution is 7.98. The number of carbonyl (C=O) groups is 1. The molecule has 24 heavy (non-hydrogen) atoms. The first-order chi connectivity index (χ1) is 11.8. The van der Waals surface area contributed by atoms with Gasteiger partial charge in [0.05, 0.1) is 0 Å². The molecule has 120 valence electrons. The van der Waals surface area contributed by atoms with Crippen LogP contribution in [-0.2, 0) is 5.75 Å². The van der Waals surface area contributed by atoms with Gasteiger partial charge in [0.2, 0.25) is 0 Å². The molecule has 4 aromatic rings. The van der Waals surface area contributed by atoms with Crippen LogP contribution in [0.1, 0.15) is 16.1 Å². The van der Waals surface area contributed by atoms with Crippen LogP contribution in [0.15, 0.2) is 51.7 Å². The zero-order valence-electron chi connectivity index (χ0n) is 12.2. The number of carbonyl (C=O) groups excluding carboxylic acids is 1. The number of anilines is 1. The molecule has 3 aromatic heterocycles. The second kappa shape index (κ2) is 6.46. The van der Waals surface area contributed by atoms with Crippen molar-refractivity contribution in [2.24, 2.45) is 0 Å². The quantitative estimate of drug-likeness (QED) is 0.530. The van der Waals surface area contributed by atoms with Crippen molar-refractivity contribution in [2.45, 2.75) is 10.9 Å². The molecule has 7 nitrogen and oxygen atoms in total. The second-order valence-corrected chi connectivity index (χ2v) is 6.64. The van der Waals surface area contributed by atoms with Crippen molar-refractivity contribution in [1.82, 2.24) is 20.2 Å². The number of amides is 1. The van der Waals surface area contributed by atoms with Crippen molar-refractivity contribution in [2.75, 3.05) is 5.32 Å². The van der Waals surface area contributed by atoms with E-state index in [1.54, 1.807) is 11.6 Å². The van der Waals surface area contributed by atoms with Crippen LogP contribution in [0, 0.1) is 0 Å². The van der Waals surface area contributed by atoms with Crippen LogP contribution < -0.4 is 5.32 Å². The SMILES string of the molecule is O=C(Nc1nccs1)c1oc2ccccc2c1CSc1ncn[nH]1. The van der Waals surface area contributed by atoms with Gasteiger partial charge >= 0.3 is 0 Å². The van der Waals surface area contributed by atoms with Gasteiger partial charge in [0.1, 0.15) is 11.9 Å². The van der Waals surface area contributed by atoms with Gasteiger partial charge in [-0.3, -0.25) is 15.2 Å². The van der Waals surface area contributed by atoms with Crippen molar-refractivity contribution < 1.29 is 9.21 Å². The summed E-state index contributed by atoms with van der Waals surface area (Å²) in [5.41, 5.74) is 1.50. The molecular formula is C15H11N5O2S2. The Morgan fingerprint density at radius 1 is 1.33 bits per heavy atom. The minimum atomic E-state index is -0.311. The van der Waals surface area contributed by atoms with E-state index >= 15 is 0 Å². The molecule has 4 rings (SSSR count). The van der Waals surface area contributed by atoms with Crippen molar-refractivity contribution in [3.63, 3.8) is 0 Å². The summed E-state index contributed by atoms with van der Waals surface area (Å²) in [7, 11) is 0. The second-order valence-electron chi connectivity index (χ2n) is 4.78. The normalized spacial score (nSPS) is 11.0. The summed E-state index contributed by atoms with van der Waals surface area (Å²) in [4.78, 5) is 20.7. The molecule has 0 fully saturated rings. The molecule has 0 bridgehead atoms. The van der Waals surface area contributed by atoms with E-state index in [4.69, 9.17) is 4.42 Å². The molecule has 0 spiro atoms. The van der Waals surface area contributed by atoms with E-state index in [9.17, 15) is 4.79 Å². The van der Waals surface area contributed by atoms with Gasteiger partial charge in [-0.2, -0.15) is 5.10 Å². The molecule has 2 N–H and O–H groups in total. The number of fused-ring (bicyclic) bond motifs is 1. The molecular weight excluding hydrogens is 346 g/mol. The summed E-state index contributed by atoms with van der Waals surface area (Å²) in [5, 5.41) is 13.3. The summed E-state index contributed by atoms with van der Waals surface area (Å²) in [6.45, 7) is 0. The number of hydrogen-bond donors (Lipinski definition) is 2. The Morgan fingerprint density at radius 2 is 2.25 bits per heavy atom. The summed E-state index contributed by atoms with van der Waals surface area (Å²) in [6.07, 6.45) is 3.09. The highest BCUT2D eigenvalue weighted by Gasteiger charge is 2.21. The van der Waals surface area contributed by atoms with E-state index in [0.29, 0.717) is 27.4 Å². The van der Waals surface area contributed by atoms with Gasteiger partial charge in [-0.1, -0.05) is 30.0 Å². The number of aromatic amines is 1. The number of furan rings is 1. The van der Waals surface area contributed by atoms with Crippen molar-refractivity contribution in [3.8, 4) is 0 Å². The number of H-pyrrole nitrogens is 1. The molecule has 0 aliphatic rings. The Labute approximate surface area is 144 Å². The lowest BCUT2D eigenvalue weighted by Crippen LogP contribution is -2.12. The summed E-state index contributed by atoms with van der Waals surface area (Å²) < 4.78 is 5.78. The first-order valence-corrected chi connectivity index (χ1v) is 8.87. The predicted octanol–water partition coefficient (Wildman–Crippen LogP) is 3.55. The number of nitrogens with one attached hydrogen (secondary N) is 2. The highest BCUT2D eigenvalue weighted by atomic mass is 32.2. The maximum absolute atomic E-state index is 12.6. The Bertz CT molecular complexity index is 963. The van der Waals surface area contributed by atoms with Crippen LogP contribution in [0.4, 0.5) is 5.13 Å². The maximum atomic E-state index is 12.6. The fraction of sp³-hybridized carbons (Fsp3) is 0.0667. The first-order valence-electron chi connectivity index (χ1n) is 7.00. The number of nitrogens with zero attached hydrogens (tertiary/aromatic N) is 3. The predicted molar refractivity (Wildman–Crippen MR) is 92.2 cm³/mol. The zero-order valence-corrected chi connectivity index (χ0v) is 13.9. The molecule has 0 atom stereocenters. The van der Waals surface area contributed by atoms with Crippen LogP contribution in [0.5, 0.6) is 0 Å². The molecule has 0 saturated carbocycles. The third-order valence-electron chi connectivity index (χ3n) is 3.30. The molecule has 1 aromatic carbocycles. The molecule has 0 radical (unpaired) electrons. The van der Waals surface area contributed by atoms with Gasteiger partial charge in [0.25, 0.3) is 5.91 Å². The number of rotatable bonds is 5. The van der Waals surface area contributed by atoms with E-state index in [0.717, 1.165) is 10.9 Å². The van der Waals surface area contributed by atoms with Gasteiger partial charge in [0.15, 0.2) is 16.0 Å². The monoisotopic (exact) mass is 357 g/mol. The summed E-state index contributed by atoms with van der Waals surface area (Å²) in [6, 6.07) is 7.58. The minimum absolute atomic E-state index is 0.290. The average molecular weight is 357 g/mol. The van der Waals surface area contributed by atoms with Crippen LogP contribution in [0.25, 0.3) is 11.0 Å². The third-order valence-corrected chi connectivity index (χ3v) is 4.90. The molecule has 3 heterocycles. The standard InChI is InChI=1S/C15H11N5O2S2/c21-13(19-14-16-5-6-23-14)12-10(7-24-15-17-8-18-20-15)9-3-1-2-4-11(9)22-12/h1-6,8H,7H2,(H,16,19,21)(H,17,18,20). The van der Waals surface area contributed by atoms with Crippen LogP contribution >= 0.6 is 23.1 Å². The lowest BCUT2D eigenvalue weighted by atomic mass is 10.1. The van der Waals surface area contributed by atoms with Crippen LogP contribution in [-0.4, -0.2) is 26.1 Å². The largest absolute Gasteiger partial charge is 0.451 e. The molecule has 0 saturated heterocycles. The summed E-state index contributed by atoms with van der Waals surface area (Å²) in [5.74, 6) is 0.514. The van der Waals surface area contributed by atoms with Gasteiger partial charge in [0, 0.05) is 28.3 Å². The number of thiazole rings is 1. The molecule has 1 amide bonds. The molecule has 0 aliphatic carbocycles. The van der Waals surface area contributed by atoms with Gasteiger partial charge in [-0.25, -0.2) is 9.97 Å². The number of aromatic nitrogens is 4. The number of thioether (sulfide) groups is 1. The van der Waals surface area contributed by atoms with Gasteiger partial charge < -0.3 is 4.42 Å². The zero-order chi connectivity index (χ0) is 16.4. The Hall–Kier alpha value is -2.65. The fourth-order valence-corrected chi connectivity index (χ4v) is 3.60. The van der Waals surface area contributed by atoms with E-state index in [1.807, 2.05) is 24.3 Å². The summed E-state index contributed by atoms with van der Waals surface area (Å²) >= 11 is 2.81. The van der Waals surface area contributed by atoms with Crippen LogP contribution in [0.3, 0.4) is 0 Å². The first kappa shape index (κ1) is 14.9. The van der Waals surface area contributed by atoms with E-state index in [2.05, 4.69) is 25.5 Å². The fourth-order valence-electron chi connectivity index (χ4n) is 2.27. The Morgan fingerprint density at radius 3 is 3.04 bits per heavy atom. The number of hydrogen-bond acceptors (Lipinski definition) is 7. The topological polar surface area (TPSA) is 96.7 Å². The molecule has 0 unspecified atom stereocenters. The lowest BCUT2D eigenvalue weighted by Gasteiger charge is -2.02. The number of para-hydroxylation sites is 1. The van der Waals surface area contributed by atoms with Crippen molar-refractivity contribution in [1.29, 1.82) is 0 Å². The molecule has 0 aliphatic heterocycles. The van der Waals surface area contributed by atoms with E-state index in [1.165, 1.54) is 29.4 Å². The smallest absolute Gasteiger partial charge is 0.293 e. The average Bonchev–Trinajstić information content (AvgIpc) is 3.33. The third kappa shape index (κ3) is 2.91. The maximum Gasteiger partial charge on any atom is 0.293 e.